The number of furan rings is 1. The molecule has 1 aromatic heterocycles. The van der Waals surface area contributed by atoms with Crippen molar-refractivity contribution >= 4 is 29.1 Å². The second-order valence-electron chi connectivity index (χ2n) is 8.09. The van der Waals surface area contributed by atoms with Gasteiger partial charge < -0.3 is 19.2 Å². The number of aryl methyl sites for hydroxylation is 1. The number of rotatable bonds is 5. The van der Waals surface area contributed by atoms with E-state index in [1.165, 1.54) is 0 Å². The van der Waals surface area contributed by atoms with Gasteiger partial charge in [0.05, 0.1) is 5.71 Å². The van der Waals surface area contributed by atoms with E-state index in [-0.39, 0.29) is 24.4 Å². The fourth-order valence-electron chi connectivity index (χ4n) is 4.12. The zero-order valence-corrected chi connectivity index (χ0v) is 19.2. The Morgan fingerprint density at radius 3 is 2.76 bits per heavy atom. The van der Waals surface area contributed by atoms with Crippen molar-refractivity contribution in [3.8, 4) is 11.5 Å². The van der Waals surface area contributed by atoms with Crippen LogP contribution in [0.2, 0.25) is 5.02 Å². The van der Waals surface area contributed by atoms with Gasteiger partial charge in [0.25, 0.3) is 11.8 Å². The number of halogens is 1. The van der Waals surface area contributed by atoms with E-state index in [1.807, 2.05) is 25.1 Å². The van der Waals surface area contributed by atoms with Gasteiger partial charge in [-0.25, -0.2) is 5.43 Å². The molecule has 2 heterocycles. The van der Waals surface area contributed by atoms with E-state index in [0.29, 0.717) is 58.5 Å². The zero-order valence-electron chi connectivity index (χ0n) is 18.4. The zero-order chi connectivity index (χ0) is 23.7. The largest absolute Gasteiger partial charge is 0.455 e. The summed E-state index contributed by atoms with van der Waals surface area (Å²) in [6, 6.07) is 12.2. The van der Waals surface area contributed by atoms with E-state index in [4.69, 9.17) is 25.5 Å². The second kappa shape index (κ2) is 9.23. The number of hydrazone groups is 1. The number of nitrogens with zero attached hydrogens (tertiary/aromatic N) is 1. The fraction of sp³-hybridized carbons (Fsp3) is 0.240. The third kappa shape index (κ3) is 4.36. The van der Waals surface area contributed by atoms with E-state index >= 15 is 0 Å². The molecule has 0 atom stereocenters. The van der Waals surface area contributed by atoms with E-state index in [9.17, 15) is 9.59 Å². The van der Waals surface area contributed by atoms with Crippen LogP contribution in [0.4, 0.5) is 0 Å². The van der Waals surface area contributed by atoms with Crippen molar-refractivity contribution in [1.82, 2.24) is 10.7 Å². The lowest BCUT2D eigenvalue weighted by atomic mass is 9.93. The van der Waals surface area contributed by atoms with Gasteiger partial charge in [0.15, 0.2) is 17.3 Å². The minimum absolute atomic E-state index is 0.200. The Kier molecular flexibility index (Phi) is 5.98. The first kappa shape index (κ1) is 22.0. The normalized spacial score (nSPS) is 15.2. The minimum Gasteiger partial charge on any atom is -0.455 e. The van der Waals surface area contributed by atoms with E-state index in [2.05, 4.69) is 15.8 Å². The van der Waals surface area contributed by atoms with Crippen LogP contribution in [-0.4, -0.2) is 24.3 Å². The standard InChI is InChI=1S/C25H22ClN3O5/c1-14-22-18(28-29-24(30)16-4-2-5-17(26)11-16)6-3-7-20(22)34-23(14)25(31)27-12-15-8-9-19-21(10-15)33-13-32-19/h2,4-5,8-11H,3,6-7,12-13H2,1H3,(H,27,31)(H,29,30)/b28-18+. The molecule has 8 nitrogen and oxygen atoms in total. The molecule has 0 unspecified atom stereocenters. The topological polar surface area (TPSA) is 102 Å². The maximum Gasteiger partial charge on any atom is 0.287 e. The van der Waals surface area contributed by atoms with Crippen LogP contribution in [0.3, 0.4) is 0 Å². The molecule has 2 aromatic carbocycles. The Morgan fingerprint density at radius 1 is 1.06 bits per heavy atom. The van der Waals surface area contributed by atoms with Crippen molar-refractivity contribution in [3.05, 3.63) is 81.3 Å². The number of carbonyl (C=O) groups excluding carboxylic acids is 2. The van der Waals surface area contributed by atoms with Gasteiger partial charge >= 0.3 is 0 Å². The van der Waals surface area contributed by atoms with E-state index < -0.39 is 0 Å². The molecule has 0 saturated heterocycles. The van der Waals surface area contributed by atoms with Crippen LogP contribution in [0.1, 0.15) is 56.2 Å². The number of fused-ring (bicyclic) bond motifs is 2. The smallest absolute Gasteiger partial charge is 0.287 e. The minimum atomic E-state index is -0.357. The number of hydrogen-bond donors (Lipinski definition) is 2. The molecule has 1 aliphatic heterocycles. The van der Waals surface area contributed by atoms with E-state index in [1.54, 1.807) is 24.3 Å². The molecule has 2 amide bonds. The average Bonchev–Trinajstić information content (AvgIpc) is 3.45. The Hall–Kier alpha value is -3.78. The van der Waals surface area contributed by atoms with Gasteiger partial charge in [-0.15, -0.1) is 0 Å². The molecular formula is C25H22ClN3O5. The molecule has 5 rings (SSSR count). The van der Waals surface area contributed by atoms with Crippen LogP contribution in [0, 0.1) is 6.92 Å². The lowest BCUT2D eigenvalue weighted by Crippen LogP contribution is -2.23. The van der Waals surface area contributed by atoms with Crippen molar-refractivity contribution < 1.29 is 23.5 Å². The highest BCUT2D eigenvalue weighted by Gasteiger charge is 2.28. The number of nitrogens with one attached hydrogen (secondary N) is 2. The van der Waals surface area contributed by atoms with Gasteiger partial charge in [-0.2, -0.15) is 5.10 Å². The van der Waals surface area contributed by atoms with Gasteiger partial charge in [0.2, 0.25) is 6.79 Å². The Morgan fingerprint density at radius 2 is 1.91 bits per heavy atom. The Balaban J connectivity index is 1.31. The van der Waals surface area contributed by atoms with Gasteiger partial charge in [0, 0.05) is 34.7 Å². The van der Waals surface area contributed by atoms with E-state index in [0.717, 1.165) is 17.5 Å². The van der Waals surface area contributed by atoms with Crippen molar-refractivity contribution in [2.75, 3.05) is 6.79 Å². The third-order valence-electron chi connectivity index (χ3n) is 5.80. The maximum atomic E-state index is 12.9. The lowest BCUT2D eigenvalue weighted by molar-refractivity contribution is 0.0919. The molecule has 2 N–H and O–H groups in total. The third-order valence-corrected chi connectivity index (χ3v) is 6.04. The summed E-state index contributed by atoms with van der Waals surface area (Å²) >= 11 is 5.97. The molecule has 34 heavy (non-hydrogen) atoms. The van der Waals surface area contributed by atoms with Crippen LogP contribution < -0.4 is 20.2 Å². The van der Waals surface area contributed by atoms with Crippen molar-refractivity contribution in [3.63, 3.8) is 0 Å². The molecule has 1 aliphatic carbocycles. The number of benzene rings is 2. The van der Waals surface area contributed by atoms with Crippen molar-refractivity contribution in [2.45, 2.75) is 32.7 Å². The van der Waals surface area contributed by atoms with Crippen LogP contribution in [0.25, 0.3) is 0 Å². The maximum absolute atomic E-state index is 12.9. The summed E-state index contributed by atoms with van der Waals surface area (Å²) in [5.74, 6) is 1.64. The summed E-state index contributed by atoms with van der Waals surface area (Å²) in [4.78, 5) is 25.4. The molecule has 0 fully saturated rings. The highest BCUT2D eigenvalue weighted by Crippen LogP contribution is 2.33. The molecule has 0 bridgehead atoms. The van der Waals surface area contributed by atoms with Crippen LogP contribution >= 0.6 is 11.6 Å². The SMILES string of the molecule is Cc1c(C(=O)NCc2ccc3c(c2)OCO3)oc2c1/C(=N/NC(=O)c1cccc(Cl)c1)CCC2. The summed E-state index contributed by atoms with van der Waals surface area (Å²) in [7, 11) is 0. The number of hydrogen-bond acceptors (Lipinski definition) is 6. The predicted octanol–water partition coefficient (Wildman–Crippen LogP) is 4.37. The molecule has 0 saturated carbocycles. The summed E-state index contributed by atoms with van der Waals surface area (Å²) < 4.78 is 16.6. The highest BCUT2D eigenvalue weighted by molar-refractivity contribution is 6.31. The van der Waals surface area contributed by atoms with Crippen LogP contribution in [0.5, 0.6) is 11.5 Å². The molecule has 3 aromatic rings. The number of ether oxygens (including phenoxy) is 2. The van der Waals surface area contributed by atoms with Gasteiger partial charge in [-0.3, -0.25) is 9.59 Å². The van der Waals surface area contributed by atoms with Gasteiger partial charge in [-0.1, -0.05) is 23.7 Å². The molecule has 0 radical (unpaired) electrons. The fourth-order valence-corrected chi connectivity index (χ4v) is 4.31. The summed E-state index contributed by atoms with van der Waals surface area (Å²) in [6.07, 6.45) is 2.18. The average molecular weight is 480 g/mol. The Labute approximate surface area is 200 Å². The Bertz CT molecular complexity index is 1310. The number of carbonyl (C=O) groups is 2. The second-order valence-corrected chi connectivity index (χ2v) is 8.52. The summed E-state index contributed by atoms with van der Waals surface area (Å²) in [5, 5.41) is 7.72. The predicted molar refractivity (Wildman–Crippen MR) is 126 cm³/mol. The van der Waals surface area contributed by atoms with Crippen LogP contribution in [-0.2, 0) is 13.0 Å². The molecule has 0 spiro atoms. The molecule has 9 heteroatoms. The van der Waals surface area contributed by atoms with Crippen molar-refractivity contribution in [1.29, 1.82) is 0 Å². The quantitative estimate of drug-likeness (QED) is 0.529. The first-order valence-corrected chi connectivity index (χ1v) is 11.3. The monoisotopic (exact) mass is 479 g/mol. The summed E-state index contributed by atoms with van der Waals surface area (Å²) in [6.45, 7) is 2.35. The van der Waals surface area contributed by atoms with Gasteiger partial charge in [0.1, 0.15) is 5.76 Å². The van der Waals surface area contributed by atoms with Crippen molar-refractivity contribution in [2.24, 2.45) is 5.10 Å². The highest BCUT2D eigenvalue weighted by atomic mass is 35.5. The molecule has 174 valence electrons. The van der Waals surface area contributed by atoms with Gasteiger partial charge in [-0.05, 0) is 55.7 Å². The number of amides is 2. The first-order chi connectivity index (χ1) is 16.5. The first-order valence-electron chi connectivity index (χ1n) is 10.9. The van der Waals surface area contributed by atoms with Crippen LogP contribution in [0.15, 0.2) is 52.0 Å². The molecular weight excluding hydrogens is 458 g/mol. The lowest BCUT2D eigenvalue weighted by Gasteiger charge is -2.13. The molecule has 2 aliphatic rings. The summed E-state index contributed by atoms with van der Waals surface area (Å²) in [5.41, 5.74) is 6.07.